The van der Waals surface area contributed by atoms with Crippen LogP contribution in [0.25, 0.3) is 0 Å². The van der Waals surface area contributed by atoms with Crippen molar-refractivity contribution in [2.45, 2.75) is 64.1 Å². The van der Waals surface area contributed by atoms with E-state index < -0.39 is 0 Å². The maximum absolute atomic E-state index is 12.8. The Labute approximate surface area is 139 Å². The van der Waals surface area contributed by atoms with Gasteiger partial charge in [0.15, 0.2) is 0 Å². The molecule has 6 heteroatoms. The van der Waals surface area contributed by atoms with Crippen LogP contribution in [0.5, 0.6) is 0 Å². The van der Waals surface area contributed by atoms with Gasteiger partial charge in [0.05, 0.1) is 11.2 Å². The Morgan fingerprint density at radius 1 is 1.09 bits per heavy atom. The molecule has 1 atom stereocenters. The van der Waals surface area contributed by atoms with Gasteiger partial charge in [0.2, 0.25) is 0 Å². The van der Waals surface area contributed by atoms with Gasteiger partial charge in [-0.1, -0.05) is 12.1 Å². The summed E-state index contributed by atoms with van der Waals surface area (Å²) in [6.45, 7) is 8.10. The zero-order chi connectivity index (χ0) is 15.7. The molecule has 0 spiro atoms. The van der Waals surface area contributed by atoms with Crippen LogP contribution >= 0.6 is 12.4 Å². The van der Waals surface area contributed by atoms with Gasteiger partial charge in [0.25, 0.3) is 0 Å². The first-order chi connectivity index (χ1) is 9.71. The number of benzene rings is 1. The summed E-state index contributed by atoms with van der Waals surface area (Å²) in [5, 5.41) is 0. The van der Waals surface area contributed by atoms with Gasteiger partial charge in [-0.25, -0.2) is 4.39 Å². The number of hydrogen-bond acceptors (Lipinski definition) is 3. The number of rotatable bonds is 5. The van der Waals surface area contributed by atoms with Gasteiger partial charge in [0.1, 0.15) is 5.82 Å². The summed E-state index contributed by atoms with van der Waals surface area (Å²) in [6.07, 6.45) is 2.62. The van der Waals surface area contributed by atoms with E-state index >= 15 is 0 Å². The third-order valence-electron chi connectivity index (χ3n) is 4.54. The zero-order valence-corrected chi connectivity index (χ0v) is 14.6. The molecule has 1 aliphatic heterocycles. The first-order valence-corrected chi connectivity index (χ1v) is 7.57. The largest absolute Gasteiger partial charge is 0.475 e. The van der Waals surface area contributed by atoms with E-state index in [1.54, 1.807) is 0 Å². The molecular weight excluding hydrogens is 303 g/mol. The third-order valence-corrected chi connectivity index (χ3v) is 4.54. The van der Waals surface area contributed by atoms with Crippen molar-refractivity contribution in [2.75, 3.05) is 0 Å². The van der Waals surface area contributed by atoms with Crippen molar-refractivity contribution in [2.24, 2.45) is 5.73 Å². The summed E-state index contributed by atoms with van der Waals surface area (Å²) < 4.78 is 24.7. The predicted molar refractivity (Wildman–Crippen MR) is 90.6 cm³/mol. The number of nitrogens with two attached hydrogens (primary N) is 1. The number of aryl methyl sites for hydroxylation is 1. The van der Waals surface area contributed by atoms with Crippen LogP contribution in [0.1, 0.15) is 46.1 Å². The second kappa shape index (κ2) is 7.30. The molecule has 1 saturated heterocycles. The van der Waals surface area contributed by atoms with Crippen molar-refractivity contribution in [3.8, 4) is 0 Å². The molecule has 1 aliphatic rings. The molecule has 22 heavy (non-hydrogen) atoms. The Balaban J connectivity index is 0.00000242. The fraction of sp³-hybridized carbons (Fsp3) is 0.625. The van der Waals surface area contributed by atoms with Crippen LogP contribution in [0.3, 0.4) is 0 Å². The molecule has 3 nitrogen and oxygen atoms in total. The molecule has 1 heterocycles. The van der Waals surface area contributed by atoms with Crippen molar-refractivity contribution in [3.05, 3.63) is 35.6 Å². The molecular formula is C16H26BClFNO2. The minimum atomic E-state index is -0.358. The van der Waals surface area contributed by atoms with Crippen LogP contribution in [0.4, 0.5) is 4.39 Å². The topological polar surface area (TPSA) is 44.5 Å². The first-order valence-electron chi connectivity index (χ1n) is 7.57. The highest BCUT2D eigenvalue weighted by molar-refractivity contribution is 6.47. The van der Waals surface area contributed by atoms with Gasteiger partial charge >= 0.3 is 7.12 Å². The van der Waals surface area contributed by atoms with Gasteiger partial charge in [-0.2, -0.15) is 0 Å². The van der Waals surface area contributed by atoms with Crippen molar-refractivity contribution in [1.29, 1.82) is 0 Å². The molecule has 0 aliphatic carbocycles. The lowest BCUT2D eigenvalue weighted by atomic mass is 9.76. The first kappa shape index (κ1) is 19.4. The monoisotopic (exact) mass is 329 g/mol. The fourth-order valence-corrected chi connectivity index (χ4v) is 2.39. The van der Waals surface area contributed by atoms with E-state index in [-0.39, 0.29) is 42.5 Å². The molecule has 0 bridgehead atoms. The van der Waals surface area contributed by atoms with E-state index in [0.717, 1.165) is 24.8 Å². The molecule has 1 aromatic carbocycles. The molecule has 0 radical (unpaired) electrons. The molecule has 0 amide bonds. The molecule has 1 aromatic rings. The van der Waals surface area contributed by atoms with Crippen LogP contribution < -0.4 is 5.73 Å². The minimum Gasteiger partial charge on any atom is -0.402 e. The third kappa shape index (κ3) is 4.45. The smallest absolute Gasteiger partial charge is 0.402 e. The molecule has 2 rings (SSSR count). The zero-order valence-electron chi connectivity index (χ0n) is 13.8. The Morgan fingerprint density at radius 2 is 1.59 bits per heavy atom. The Hall–Kier alpha value is -0.615. The van der Waals surface area contributed by atoms with E-state index in [1.165, 1.54) is 12.1 Å². The van der Waals surface area contributed by atoms with E-state index in [9.17, 15) is 4.39 Å². The van der Waals surface area contributed by atoms with Gasteiger partial charge in [0, 0.05) is 5.94 Å². The summed E-state index contributed by atoms with van der Waals surface area (Å²) in [5.41, 5.74) is 6.64. The van der Waals surface area contributed by atoms with Gasteiger partial charge in [-0.3, -0.25) is 0 Å². The molecule has 0 unspecified atom stereocenters. The van der Waals surface area contributed by atoms with Crippen molar-refractivity contribution in [3.63, 3.8) is 0 Å². The lowest BCUT2D eigenvalue weighted by Crippen LogP contribution is -2.41. The van der Waals surface area contributed by atoms with Crippen LogP contribution in [0.2, 0.25) is 0 Å². The lowest BCUT2D eigenvalue weighted by Gasteiger charge is -2.32. The molecule has 0 saturated carbocycles. The Bertz CT molecular complexity index is 466. The molecule has 0 aromatic heterocycles. The predicted octanol–water partition coefficient (Wildman–Crippen LogP) is 3.53. The summed E-state index contributed by atoms with van der Waals surface area (Å²) >= 11 is 0. The molecule has 1 fully saturated rings. The average Bonchev–Trinajstić information content (AvgIpc) is 2.61. The minimum absolute atomic E-state index is 0. The Kier molecular flexibility index (Phi) is 6.45. The SMILES string of the molecule is CC1(C)OB([C@@H](N)CCCc2ccc(F)cc2)OC1(C)C.Cl. The maximum atomic E-state index is 12.8. The van der Waals surface area contributed by atoms with Crippen molar-refractivity contribution >= 4 is 19.5 Å². The van der Waals surface area contributed by atoms with Crippen molar-refractivity contribution in [1.82, 2.24) is 0 Å². The van der Waals surface area contributed by atoms with Crippen LogP contribution in [0, 0.1) is 5.82 Å². The van der Waals surface area contributed by atoms with E-state index in [2.05, 4.69) is 0 Å². The van der Waals surface area contributed by atoms with E-state index in [0.29, 0.717) is 0 Å². The summed E-state index contributed by atoms with van der Waals surface area (Å²) in [5.74, 6) is -0.348. The fourth-order valence-electron chi connectivity index (χ4n) is 2.39. The standard InChI is InChI=1S/C16H25BFNO2.ClH/c1-15(2)16(3,4)21-17(20-15)14(19)7-5-6-12-8-10-13(18)11-9-12;/h8-11,14H,5-7,19H2,1-4H3;1H/t14-;/m0./s1. The lowest BCUT2D eigenvalue weighted by molar-refractivity contribution is 0.00578. The van der Waals surface area contributed by atoms with Crippen LogP contribution in [-0.4, -0.2) is 24.3 Å². The number of halogens is 2. The van der Waals surface area contributed by atoms with E-state index in [4.69, 9.17) is 15.0 Å². The highest BCUT2D eigenvalue weighted by Crippen LogP contribution is 2.37. The Morgan fingerprint density at radius 3 is 2.09 bits per heavy atom. The highest BCUT2D eigenvalue weighted by Gasteiger charge is 2.52. The summed E-state index contributed by atoms with van der Waals surface area (Å²) in [4.78, 5) is 0. The number of hydrogen-bond donors (Lipinski definition) is 1. The molecule has 124 valence electrons. The second-order valence-electron chi connectivity index (χ2n) is 6.81. The van der Waals surface area contributed by atoms with Gasteiger partial charge in [-0.15, -0.1) is 12.4 Å². The highest BCUT2D eigenvalue weighted by atomic mass is 35.5. The van der Waals surface area contributed by atoms with Crippen LogP contribution in [0.15, 0.2) is 24.3 Å². The molecule has 2 N–H and O–H groups in total. The van der Waals surface area contributed by atoms with Gasteiger partial charge in [-0.05, 0) is 64.7 Å². The van der Waals surface area contributed by atoms with Crippen molar-refractivity contribution < 1.29 is 13.7 Å². The van der Waals surface area contributed by atoms with Crippen LogP contribution in [-0.2, 0) is 15.7 Å². The normalized spacial score (nSPS) is 20.5. The second-order valence-corrected chi connectivity index (χ2v) is 6.81. The quantitative estimate of drug-likeness (QED) is 0.841. The average molecular weight is 330 g/mol. The van der Waals surface area contributed by atoms with Gasteiger partial charge < -0.3 is 15.0 Å². The summed E-state index contributed by atoms with van der Waals surface area (Å²) in [7, 11) is -0.358. The van der Waals surface area contributed by atoms with E-state index in [1.807, 2.05) is 39.8 Å². The summed E-state index contributed by atoms with van der Waals surface area (Å²) in [6, 6.07) is 6.61. The maximum Gasteiger partial charge on any atom is 0.475 e.